The van der Waals surface area contributed by atoms with E-state index >= 15 is 0 Å². The zero-order valence-electron chi connectivity index (χ0n) is 11.0. The van der Waals surface area contributed by atoms with Crippen LogP contribution >= 0.6 is 0 Å². The third-order valence-corrected chi connectivity index (χ3v) is 12.5. The molecule has 6 N–H and O–H groups in total. The van der Waals surface area contributed by atoms with Crippen LogP contribution in [0.2, 0.25) is 21.3 Å². The van der Waals surface area contributed by atoms with Gasteiger partial charge in [0.05, 0.1) is 0 Å². The van der Waals surface area contributed by atoms with Gasteiger partial charge in [0, 0.05) is 0 Å². The van der Waals surface area contributed by atoms with Gasteiger partial charge in [-0.25, -0.2) is 0 Å². The van der Waals surface area contributed by atoms with Crippen molar-refractivity contribution in [1.29, 1.82) is 0 Å². The quantitative estimate of drug-likeness (QED) is 0.277. The van der Waals surface area contributed by atoms with Crippen molar-refractivity contribution >= 4 is 53.4 Å². The number of hydrogen-bond acceptors (Lipinski definition) is 6. The maximum atomic E-state index is 11.3. The van der Waals surface area contributed by atoms with Crippen LogP contribution in [0.5, 0.6) is 0 Å². The van der Waals surface area contributed by atoms with Gasteiger partial charge in [-0.3, -0.25) is 0 Å². The summed E-state index contributed by atoms with van der Waals surface area (Å²) in [5.41, 5.74) is 0. The number of carboxylic acid groups (broad SMARTS) is 4. The summed E-state index contributed by atoms with van der Waals surface area (Å²) in [6.45, 7) is 0.224. The minimum absolute atomic E-state index is 0. The van der Waals surface area contributed by atoms with E-state index < -0.39 is 56.3 Å². The van der Waals surface area contributed by atoms with Crippen LogP contribution in [0, 0.1) is 0 Å². The summed E-state index contributed by atoms with van der Waals surface area (Å²) in [6, 6.07) is 0. The Morgan fingerprint density at radius 3 is 1.09 bits per heavy atom. The Bertz CT molecular complexity index is 446. The maximum absolute atomic E-state index is 11.3. The van der Waals surface area contributed by atoms with Crippen molar-refractivity contribution in [3.05, 3.63) is 0 Å². The van der Waals surface area contributed by atoms with Gasteiger partial charge in [-0.2, -0.15) is 0 Å². The average Bonchev–Trinajstić information content (AvgIpc) is 2.53. The van der Waals surface area contributed by atoms with E-state index in [0.717, 1.165) is 0 Å². The third kappa shape index (κ3) is 3.99. The van der Waals surface area contributed by atoms with Crippen molar-refractivity contribution in [1.82, 2.24) is 8.67 Å². The van der Waals surface area contributed by atoms with Gasteiger partial charge < -0.3 is 0 Å². The van der Waals surface area contributed by atoms with E-state index in [0.29, 0.717) is 0 Å². The fraction of sp³-hybridized carbons (Fsp3) is 0.600. The molecule has 126 valence electrons. The predicted octanol–water partition coefficient (Wildman–Crippen LogP) is -1.40. The van der Waals surface area contributed by atoms with Crippen molar-refractivity contribution < 1.29 is 50.8 Å². The summed E-state index contributed by atoms with van der Waals surface area (Å²) in [5.74, 6) is -5.78. The van der Waals surface area contributed by atoms with E-state index in [1.54, 1.807) is 0 Å². The topological polar surface area (TPSA) is 173 Å². The monoisotopic (exact) mass is 374 g/mol. The molecule has 1 aliphatic heterocycles. The van der Waals surface area contributed by atoms with Crippen LogP contribution in [0.3, 0.4) is 0 Å². The molecule has 0 unspecified atom stereocenters. The van der Waals surface area contributed by atoms with Crippen LogP contribution in [-0.2, 0) is 30.3 Å². The molecule has 0 aromatic carbocycles. The summed E-state index contributed by atoms with van der Waals surface area (Å²) < 4.78 is 5.47. The van der Waals surface area contributed by atoms with Crippen molar-refractivity contribution in [3.8, 4) is 0 Å². The van der Waals surface area contributed by atoms with E-state index in [1.165, 1.54) is 0 Å². The standard InChI is InChI=1S/C2H6N2.4C2H3O2.Fe.Na.H/c3-1-2-4;4*1-2(3)4;;;/h3-4H,1-2H2;4*1H2,(H,3,4);;;/q-2;;;;;+2;;. The summed E-state index contributed by atoms with van der Waals surface area (Å²) in [4.78, 5) is 45.2. The first-order valence-corrected chi connectivity index (χ1v) is 9.91. The van der Waals surface area contributed by atoms with Gasteiger partial charge in [0.2, 0.25) is 0 Å². The van der Waals surface area contributed by atoms with Crippen LogP contribution in [-0.4, -0.2) is 87.0 Å². The third-order valence-electron chi connectivity index (χ3n) is 3.12. The van der Waals surface area contributed by atoms with Gasteiger partial charge in [-0.1, -0.05) is 0 Å². The number of carbonyl (C=O) groups is 4. The molecule has 0 bridgehead atoms. The van der Waals surface area contributed by atoms with Gasteiger partial charge in [-0.05, 0) is 0 Å². The first-order chi connectivity index (χ1) is 9.48. The molecule has 0 radical (unpaired) electrons. The Balaban J connectivity index is 0.00000441. The van der Waals surface area contributed by atoms with E-state index in [-0.39, 0.29) is 42.6 Å². The summed E-state index contributed by atoms with van der Waals surface area (Å²) >= 11 is -5.24. The van der Waals surface area contributed by atoms with E-state index in [4.69, 9.17) is 0 Å². The molecule has 10 nitrogen and oxygen atoms in total. The summed E-state index contributed by atoms with van der Waals surface area (Å²) in [7, 11) is 0. The van der Waals surface area contributed by atoms with E-state index in [9.17, 15) is 39.6 Å². The summed E-state index contributed by atoms with van der Waals surface area (Å²) in [6.07, 6.45) is 0. The molecular weight excluding hydrogens is 355 g/mol. The van der Waals surface area contributed by atoms with Crippen LogP contribution in [0.4, 0.5) is 0 Å². The van der Waals surface area contributed by atoms with Crippen molar-refractivity contribution in [3.63, 3.8) is 0 Å². The number of hydrogen-bond donors (Lipinski definition) is 6. The van der Waals surface area contributed by atoms with Crippen molar-refractivity contribution in [2.24, 2.45) is 0 Å². The normalized spacial score (nSPS) is 23.6. The van der Waals surface area contributed by atoms with Crippen LogP contribution in [0.1, 0.15) is 0 Å². The molecule has 0 aromatic rings. The number of aliphatic carboxylic acids is 4. The van der Waals surface area contributed by atoms with E-state index in [1.807, 2.05) is 0 Å². The fourth-order valence-electron chi connectivity index (χ4n) is 2.67. The van der Waals surface area contributed by atoms with Gasteiger partial charge >= 0.3 is 147 Å². The first kappa shape index (κ1) is 21.3. The second-order valence-electron chi connectivity index (χ2n) is 4.97. The predicted molar refractivity (Wildman–Crippen MR) is 72.9 cm³/mol. The molecule has 1 fully saturated rings. The molecule has 1 aliphatic rings. The molecule has 0 aromatic heterocycles. The van der Waals surface area contributed by atoms with Gasteiger partial charge in [0.15, 0.2) is 0 Å². The zero-order valence-corrected chi connectivity index (χ0v) is 12.1. The molecule has 1 rings (SSSR count). The second-order valence-corrected chi connectivity index (χ2v) is 14.0. The SMILES string of the molecule is O=C(O)[CH2][Fe]1([CH2]C(=O)O)([CH2]C(=O)O)([CH2]C(=O)O)[NH]CC[NH]1.[NaH]. The van der Waals surface area contributed by atoms with Crippen LogP contribution in [0.15, 0.2) is 0 Å². The molecule has 1 saturated heterocycles. The summed E-state index contributed by atoms with van der Waals surface area (Å²) in [5, 5.41) is 33.3. The van der Waals surface area contributed by atoms with Crippen molar-refractivity contribution in [2.75, 3.05) is 13.1 Å². The van der Waals surface area contributed by atoms with Gasteiger partial charge in [0.25, 0.3) is 0 Å². The van der Waals surface area contributed by atoms with Gasteiger partial charge in [0.1, 0.15) is 0 Å². The Morgan fingerprint density at radius 1 is 0.682 bits per heavy atom. The van der Waals surface area contributed by atoms with Crippen molar-refractivity contribution in [2.45, 2.75) is 21.3 Å². The first-order valence-electron chi connectivity index (χ1n) is 5.69. The number of nitrogens with one attached hydrogen (secondary N) is 2. The molecular formula is C10H19FeN2NaO8. The number of carboxylic acids is 4. The second kappa shape index (κ2) is 6.44. The molecule has 0 amide bonds. The number of rotatable bonds is 8. The molecule has 22 heavy (non-hydrogen) atoms. The molecule has 0 spiro atoms. The van der Waals surface area contributed by atoms with Crippen LogP contribution < -0.4 is 8.67 Å². The van der Waals surface area contributed by atoms with E-state index in [2.05, 4.69) is 8.67 Å². The fourth-order valence-corrected chi connectivity index (χ4v) is 11.0. The average molecular weight is 374 g/mol. The molecule has 1 heterocycles. The molecule has 12 heteroatoms. The Kier molecular flexibility index (Phi) is 6.24. The Hall–Kier alpha value is -0.681. The van der Waals surface area contributed by atoms with Gasteiger partial charge in [-0.15, -0.1) is 0 Å². The minimum atomic E-state index is -5.24. The Morgan fingerprint density at radius 2 is 0.909 bits per heavy atom. The molecule has 0 saturated carbocycles. The Labute approximate surface area is 146 Å². The van der Waals surface area contributed by atoms with Crippen LogP contribution in [0.25, 0.3) is 0 Å². The zero-order chi connectivity index (χ0) is 16.4. The molecule has 0 aliphatic carbocycles. The molecule has 0 atom stereocenters.